The van der Waals surface area contributed by atoms with Crippen molar-refractivity contribution < 1.29 is 4.79 Å². The second-order valence-corrected chi connectivity index (χ2v) is 6.21. The largest absolute Gasteiger partial charge is 0.294 e. The molecule has 0 radical (unpaired) electrons. The fourth-order valence-electron chi connectivity index (χ4n) is 3.29. The molecule has 0 aromatic heterocycles. The maximum Gasteiger partial charge on any atom is 0.163 e. The van der Waals surface area contributed by atoms with Crippen molar-refractivity contribution in [3.05, 3.63) is 64.2 Å². The maximum atomic E-state index is 12.5. The van der Waals surface area contributed by atoms with Crippen LogP contribution < -0.4 is 0 Å². The van der Waals surface area contributed by atoms with Crippen molar-refractivity contribution in [3.63, 3.8) is 0 Å². The molecule has 0 heterocycles. The zero-order valence-corrected chi connectivity index (χ0v) is 13.8. The SMILES string of the molecule is CCC(=O)c1cc2ccccc2cc1C1=C(C)C(C)=C(C)C1. The highest BCUT2D eigenvalue weighted by atomic mass is 16.1. The van der Waals surface area contributed by atoms with Crippen LogP contribution in [0.1, 0.15) is 56.5 Å². The molecule has 0 spiro atoms. The monoisotopic (exact) mass is 290 g/mol. The van der Waals surface area contributed by atoms with Crippen LogP contribution >= 0.6 is 0 Å². The molecule has 1 nitrogen and oxygen atoms in total. The van der Waals surface area contributed by atoms with E-state index < -0.39 is 0 Å². The number of allylic oxidation sites excluding steroid dienone is 4. The van der Waals surface area contributed by atoms with E-state index in [9.17, 15) is 4.79 Å². The molecule has 0 saturated heterocycles. The summed E-state index contributed by atoms with van der Waals surface area (Å²) in [7, 11) is 0. The number of carbonyl (C=O) groups excluding carboxylic acids is 1. The molecule has 1 aliphatic carbocycles. The lowest BCUT2D eigenvalue weighted by atomic mass is 9.90. The van der Waals surface area contributed by atoms with Gasteiger partial charge in [-0.2, -0.15) is 0 Å². The number of fused-ring (bicyclic) bond motifs is 1. The molecule has 3 rings (SSSR count). The first-order valence-corrected chi connectivity index (χ1v) is 7.95. The van der Waals surface area contributed by atoms with Gasteiger partial charge in [0, 0.05) is 12.0 Å². The van der Waals surface area contributed by atoms with Crippen molar-refractivity contribution in [1.82, 2.24) is 0 Å². The molecule has 1 heteroatoms. The van der Waals surface area contributed by atoms with E-state index in [1.165, 1.54) is 27.7 Å². The molecule has 22 heavy (non-hydrogen) atoms. The summed E-state index contributed by atoms with van der Waals surface area (Å²) >= 11 is 0. The predicted octanol–water partition coefficient (Wildman–Crippen LogP) is 5.95. The van der Waals surface area contributed by atoms with Crippen LogP contribution in [0.25, 0.3) is 16.3 Å². The zero-order chi connectivity index (χ0) is 15.9. The first-order valence-electron chi connectivity index (χ1n) is 7.95. The Kier molecular flexibility index (Phi) is 3.74. The molecule has 0 aliphatic heterocycles. The van der Waals surface area contributed by atoms with Crippen molar-refractivity contribution in [1.29, 1.82) is 0 Å². The number of Topliss-reactive ketones (excluding diaryl/α,β-unsaturated/α-hetero) is 1. The summed E-state index contributed by atoms with van der Waals surface area (Å²) in [6.45, 7) is 8.48. The average molecular weight is 290 g/mol. The van der Waals surface area contributed by atoms with Gasteiger partial charge in [-0.25, -0.2) is 0 Å². The molecule has 0 bridgehead atoms. The molecule has 0 saturated carbocycles. The summed E-state index contributed by atoms with van der Waals surface area (Å²) in [5, 5.41) is 2.34. The Labute approximate surface area is 132 Å². The van der Waals surface area contributed by atoms with Crippen LogP contribution in [0.5, 0.6) is 0 Å². The van der Waals surface area contributed by atoms with Gasteiger partial charge in [0.25, 0.3) is 0 Å². The minimum atomic E-state index is 0.225. The van der Waals surface area contributed by atoms with Crippen molar-refractivity contribution in [2.24, 2.45) is 0 Å². The van der Waals surface area contributed by atoms with Gasteiger partial charge in [0.05, 0.1) is 0 Å². The molecule has 0 fully saturated rings. The van der Waals surface area contributed by atoms with Crippen LogP contribution in [-0.4, -0.2) is 5.78 Å². The molecule has 112 valence electrons. The van der Waals surface area contributed by atoms with Gasteiger partial charge in [-0.05, 0) is 72.4 Å². The maximum absolute atomic E-state index is 12.5. The van der Waals surface area contributed by atoms with E-state index >= 15 is 0 Å². The van der Waals surface area contributed by atoms with E-state index in [1.807, 2.05) is 13.0 Å². The van der Waals surface area contributed by atoms with Crippen molar-refractivity contribution >= 4 is 22.1 Å². The molecular weight excluding hydrogens is 268 g/mol. The fraction of sp³-hybridized carbons (Fsp3) is 0.286. The van der Waals surface area contributed by atoms with Crippen LogP contribution in [0, 0.1) is 0 Å². The van der Waals surface area contributed by atoms with E-state index in [4.69, 9.17) is 0 Å². The van der Waals surface area contributed by atoms with E-state index in [0.717, 1.165) is 22.9 Å². The molecule has 0 N–H and O–H groups in total. The van der Waals surface area contributed by atoms with Gasteiger partial charge in [0.2, 0.25) is 0 Å². The summed E-state index contributed by atoms with van der Waals surface area (Å²) < 4.78 is 0. The number of benzene rings is 2. The van der Waals surface area contributed by atoms with Gasteiger partial charge in [-0.3, -0.25) is 4.79 Å². The van der Waals surface area contributed by atoms with Crippen LogP contribution in [-0.2, 0) is 0 Å². The second-order valence-electron chi connectivity index (χ2n) is 6.21. The number of hydrogen-bond donors (Lipinski definition) is 0. The van der Waals surface area contributed by atoms with Crippen LogP contribution in [0.2, 0.25) is 0 Å². The Morgan fingerprint density at radius 2 is 1.64 bits per heavy atom. The van der Waals surface area contributed by atoms with E-state index in [1.54, 1.807) is 0 Å². The summed E-state index contributed by atoms with van der Waals surface area (Å²) in [6, 6.07) is 12.5. The van der Waals surface area contributed by atoms with Gasteiger partial charge < -0.3 is 0 Å². The topological polar surface area (TPSA) is 17.1 Å². The predicted molar refractivity (Wildman–Crippen MR) is 94.2 cm³/mol. The highest BCUT2D eigenvalue weighted by Crippen LogP contribution is 2.40. The Morgan fingerprint density at radius 1 is 1.00 bits per heavy atom. The van der Waals surface area contributed by atoms with Gasteiger partial charge in [0.1, 0.15) is 0 Å². The van der Waals surface area contributed by atoms with Gasteiger partial charge >= 0.3 is 0 Å². The van der Waals surface area contributed by atoms with Crippen LogP contribution in [0.3, 0.4) is 0 Å². The normalized spacial score (nSPS) is 15.1. The molecule has 2 aromatic rings. The summed E-state index contributed by atoms with van der Waals surface area (Å²) in [5.74, 6) is 0.225. The number of carbonyl (C=O) groups is 1. The van der Waals surface area contributed by atoms with Crippen LogP contribution in [0.15, 0.2) is 53.1 Å². The molecule has 0 unspecified atom stereocenters. The Balaban J connectivity index is 2.26. The van der Waals surface area contributed by atoms with Crippen molar-refractivity contribution in [3.8, 4) is 0 Å². The standard InChI is InChI=1S/C21H22O/c1-5-21(22)20-12-17-9-7-6-8-16(17)11-19(20)18-10-13(2)14(3)15(18)4/h6-9,11-12H,5,10H2,1-4H3. The van der Waals surface area contributed by atoms with E-state index in [-0.39, 0.29) is 5.78 Å². The molecule has 0 atom stereocenters. The summed E-state index contributed by atoms with van der Waals surface area (Å²) in [5.41, 5.74) is 7.43. The zero-order valence-electron chi connectivity index (χ0n) is 13.8. The van der Waals surface area contributed by atoms with Crippen LogP contribution in [0.4, 0.5) is 0 Å². The lowest BCUT2D eigenvalue weighted by Crippen LogP contribution is -2.03. The fourth-order valence-corrected chi connectivity index (χ4v) is 3.29. The third kappa shape index (κ3) is 2.31. The molecule has 0 amide bonds. The van der Waals surface area contributed by atoms with Crippen molar-refractivity contribution in [2.45, 2.75) is 40.5 Å². The Bertz CT molecular complexity index is 834. The van der Waals surface area contributed by atoms with Gasteiger partial charge in [-0.15, -0.1) is 0 Å². The van der Waals surface area contributed by atoms with Crippen molar-refractivity contribution in [2.75, 3.05) is 0 Å². The van der Waals surface area contributed by atoms with E-state index in [2.05, 4.69) is 51.1 Å². The highest BCUT2D eigenvalue weighted by Gasteiger charge is 2.21. The van der Waals surface area contributed by atoms with Gasteiger partial charge in [-0.1, -0.05) is 36.8 Å². The Hall–Kier alpha value is -2.15. The van der Waals surface area contributed by atoms with Gasteiger partial charge in [0.15, 0.2) is 5.78 Å². The lowest BCUT2D eigenvalue weighted by molar-refractivity contribution is 0.0988. The number of hydrogen-bond acceptors (Lipinski definition) is 1. The first-order chi connectivity index (χ1) is 10.5. The minimum Gasteiger partial charge on any atom is -0.294 e. The second kappa shape index (κ2) is 5.57. The summed E-state index contributed by atoms with van der Waals surface area (Å²) in [6.07, 6.45) is 1.50. The minimum absolute atomic E-state index is 0.225. The smallest absolute Gasteiger partial charge is 0.163 e. The number of rotatable bonds is 3. The summed E-state index contributed by atoms with van der Waals surface area (Å²) in [4.78, 5) is 12.5. The molecular formula is C21H22O. The molecule has 1 aliphatic rings. The lowest BCUT2D eigenvalue weighted by Gasteiger charge is -2.13. The third-order valence-corrected chi connectivity index (χ3v) is 4.93. The Morgan fingerprint density at radius 3 is 2.18 bits per heavy atom. The van der Waals surface area contributed by atoms with E-state index in [0.29, 0.717) is 6.42 Å². The average Bonchev–Trinajstić information content (AvgIpc) is 2.80. The first kappa shape index (κ1) is 14.8. The number of ketones is 1. The molecule has 2 aromatic carbocycles. The third-order valence-electron chi connectivity index (χ3n) is 4.93. The quantitative estimate of drug-likeness (QED) is 0.639. The highest BCUT2D eigenvalue weighted by molar-refractivity contribution is 6.05.